The third-order valence-electron chi connectivity index (χ3n) is 5.06. The minimum Gasteiger partial charge on any atom is -0.497 e. The predicted molar refractivity (Wildman–Crippen MR) is 126 cm³/mol. The van der Waals surface area contributed by atoms with Crippen LogP contribution in [0.25, 0.3) is 0 Å². The Morgan fingerprint density at radius 2 is 1.42 bits per heavy atom. The van der Waals surface area contributed by atoms with Crippen molar-refractivity contribution in [3.8, 4) is 5.75 Å². The molecule has 2 unspecified atom stereocenters. The zero-order chi connectivity index (χ0) is 23.9. The van der Waals surface area contributed by atoms with Crippen LogP contribution in [0.5, 0.6) is 5.75 Å². The van der Waals surface area contributed by atoms with Crippen LogP contribution in [0.15, 0.2) is 84.9 Å². The highest BCUT2D eigenvalue weighted by molar-refractivity contribution is 7.53. The highest BCUT2D eigenvalue weighted by Crippen LogP contribution is 2.43. The van der Waals surface area contributed by atoms with E-state index in [2.05, 4.69) is 9.84 Å². The molecule has 174 valence electrons. The van der Waals surface area contributed by atoms with Gasteiger partial charge in [-0.1, -0.05) is 72.8 Å². The summed E-state index contributed by atoms with van der Waals surface area (Å²) in [5, 5.41) is 2.88. The highest BCUT2D eigenvalue weighted by Gasteiger charge is 2.39. The summed E-state index contributed by atoms with van der Waals surface area (Å²) in [7, 11) is -2.55. The summed E-state index contributed by atoms with van der Waals surface area (Å²) >= 11 is 0. The molecule has 0 heterocycles. The standard InChI is InChI=1S/C25H28NO6P/c1-19(26-18-33(28,29)32-20(2)27)31-25(21-10-6-4-7-11-21,22-12-8-5-9-13-22)23-14-16-24(30-3)17-15-23/h4-17,19,26H,18H2,1-3H3,(H,28,29). The number of carbonyl (C=O) groups is 1. The predicted octanol–water partition coefficient (Wildman–Crippen LogP) is 4.65. The van der Waals surface area contributed by atoms with Gasteiger partial charge in [0, 0.05) is 6.92 Å². The Balaban J connectivity index is 2.05. The van der Waals surface area contributed by atoms with Crippen molar-refractivity contribution in [1.29, 1.82) is 0 Å². The Hall–Kier alpha value is -2.96. The minimum atomic E-state index is -4.15. The average Bonchev–Trinajstić information content (AvgIpc) is 2.82. The van der Waals surface area contributed by atoms with Gasteiger partial charge < -0.3 is 18.9 Å². The lowest BCUT2D eigenvalue weighted by atomic mass is 9.80. The summed E-state index contributed by atoms with van der Waals surface area (Å²) in [6.45, 7) is 2.82. The van der Waals surface area contributed by atoms with E-state index in [-0.39, 0.29) is 0 Å². The molecule has 0 fully saturated rings. The maximum absolute atomic E-state index is 12.2. The minimum absolute atomic E-state index is 0.448. The number of carbonyl (C=O) groups excluding carboxylic acids is 1. The first kappa shape index (κ1) is 24.7. The van der Waals surface area contributed by atoms with Crippen LogP contribution in [0.2, 0.25) is 0 Å². The van der Waals surface area contributed by atoms with E-state index in [1.54, 1.807) is 14.0 Å². The van der Waals surface area contributed by atoms with Gasteiger partial charge >= 0.3 is 13.6 Å². The van der Waals surface area contributed by atoms with Gasteiger partial charge in [0.15, 0.2) is 0 Å². The lowest BCUT2D eigenvalue weighted by Crippen LogP contribution is -2.41. The van der Waals surface area contributed by atoms with Crippen LogP contribution in [0.3, 0.4) is 0 Å². The van der Waals surface area contributed by atoms with Crippen molar-refractivity contribution < 1.29 is 28.3 Å². The first-order chi connectivity index (χ1) is 15.8. The summed E-state index contributed by atoms with van der Waals surface area (Å²) in [6, 6.07) is 27.1. The molecule has 3 rings (SSSR count). The number of hydrogen-bond donors (Lipinski definition) is 2. The SMILES string of the molecule is COc1ccc(C(OC(C)NCP(=O)(O)OC(C)=O)(c2ccccc2)c2ccccc2)cc1. The second kappa shape index (κ2) is 10.8. The first-order valence-electron chi connectivity index (χ1n) is 10.5. The van der Waals surface area contributed by atoms with Gasteiger partial charge in [-0.15, -0.1) is 0 Å². The van der Waals surface area contributed by atoms with E-state index in [0.29, 0.717) is 5.75 Å². The lowest BCUT2D eigenvalue weighted by molar-refractivity contribution is -0.132. The Labute approximate surface area is 193 Å². The largest absolute Gasteiger partial charge is 0.497 e. The van der Waals surface area contributed by atoms with Crippen molar-refractivity contribution in [3.05, 3.63) is 102 Å². The third kappa shape index (κ3) is 6.09. The zero-order valence-corrected chi connectivity index (χ0v) is 19.7. The number of ether oxygens (including phenoxy) is 2. The van der Waals surface area contributed by atoms with Gasteiger partial charge in [-0.05, 0) is 35.7 Å². The molecule has 2 atom stereocenters. The van der Waals surface area contributed by atoms with E-state index in [9.17, 15) is 14.3 Å². The Morgan fingerprint density at radius 3 is 1.88 bits per heavy atom. The molecule has 0 spiro atoms. The molecule has 0 aliphatic carbocycles. The maximum Gasteiger partial charge on any atom is 0.392 e. The second-order valence-electron chi connectivity index (χ2n) is 7.48. The van der Waals surface area contributed by atoms with Crippen molar-refractivity contribution in [1.82, 2.24) is 5.32 Å². The molecule has 0 aliphatic heterocycles. The molecule has 0 bridgehead atoms. The molecule has 0 aromatic heterocycles. The number of hydrogen-bond acceptors (Lipinski definition) is 6. The Morgan fingerprint density at radius 1 is 0.939 bits per heavy atom. The molecule has 0 radical (unpaired) electrons. The number of benzene rings is 3. The molecule has 0 aliphatic rings. The molecule has 3 aromatic rings. The van der Waals surface area contributed by atoms with E-state index < -0.39 is 31.7 Å². The number of methoxy groups -OCH3 is 1. The molecule has 3 aromatic carbocycles. The van der Waals surface area contributed by atoms with Crippen LogP contribution in [0, 0.1) is 0 Å². The topological polar surface area (TPSA) is 94.1 Å². The average molecular weight is 469 g/mol. The smallest absolute Gasteiger partial charge is 0.392 e. The van der Waals surface area contributed by atoms with Crippen LogP contribution in [-0.2, 0) is 24.2 Å². The molecule has 0 saturated heterocycles. The van der Waals surface area contributed by atoms with E-state index in [1.165, 1.54) is 0 Å². The first-order valence-corrected chi connectivity index (χ1v) is 12.2. The zero-order valence-electron chi connectivity index (χ0n) is 18.8. The highest BCUT2D eigenvalue weighted by atomic mass is 31.2. The van der Waals surface area contributed by atoms with E-state index in [4.69, 9.17) is 9.47 Å². The summed E-state index contributed by atoms with van der Waals surface area (Å²) in [4.78, 5) is 21.0. The molecule has 7 nitrogen and oxygen atoms in total. The van der Waals surface area contributed by atoms with Crippen LogP contribution in [0.4, 0.5) is 0 Å². The normalized spacial score (nSPS) is 14.2. The van der Waals surface area contributed by atoms with E-state index >= 15 is 0 Å². The van der Waals surface area contributed by atoms with Crippen LogP contribution < -0.4 is 10.1 Å². The van der Waals surface area contributed by atoms with Crippen molar-refractivity contribution in [2.75, 3.05) is 13.4 Å². The summed E-state index contributed by atoms with van der Waals surface area (Å²) in [5.41, 5.74) is 1.56. The second-order valence-corrected chi connectivity index (χ2v) is 9.26. The van der Waals surface area contributed by atoms with Gasteiger partial charge in [-0.2, -0.15) is 0 Å². The van der Waals surface area contributed by atoms with Gasteiger partial charge in [-0.25, -0.2) is 4.57 Å². The fourth-order valence-electron chi connectivity index (χ4n) is 3.66. The van der Waals surface area contributed by atoms with Crippen LogP contribution >= 0.6 is 7.60 Å². The van der Waals surface area contributed by atoms with Crippen molar-refractivity contribution in [2.45, 2.75) is 25.7 Å². The monoisotopic (exact) mass is 469 g/mol. The molecular weight excluding hydrogens is 441 g/mol. The van der Waals surface area contributed by atoms with Gasteiger partial charge in [0.2, 0.25) is 0 Å². The lowest BCUT2D eigenvalue weighted by Gasteiger charge is -2.38. The number of nitrogens with one attached hydrogen (secondary N) is 1. The van der Waals surface area contributed by atoms with E-state index in [1.807, 2.05) is 84.9 Å². The Kier molecular flexibility index (Phi) is 8.06. The van der Waals surface area contributed by atoms with Gasteiger partial charge in [-0.3, -0.25) is 10.1 Å². The Bertz CT molecular complexity index is 1050. The third-order valence-corrected chi connectivity index (χ3v) is 6.19. The fourth-order valence-corrected chi connectivity index (χ4v) is 4.61. The fraction of sp³-hybridized carbons (Fsp3) is 0.240. The van der Waals surface area contributed by atoms with Crippen LogP contribution in [-0.4, -0.2) is 30.5 Å². The molecule has 0 saturated carbocycles. The molecule has 0 amide bonds. The summed E-state index contributed by atoms with van der Waals surface area (Å²) in [5.74, 6) is -0.111. The molecule has 33 heavy (non-hydrogen) atoms. The molecule has 8 heteroatoms. The summed E-state index contributed by atoms with van der Waals surface area (Å²) < 4.78 is 28.7. The van der Waals surface area contributed by atoms with Crippen LogP contribution in [0.1, 0.15) is 30.5 Å². The van der Waals surface area contributed by atoms with Gasteiger partial charge in [0.1, 0.15) is 23.9 Å². The quantitative estimate of drug-likeness (QED) is 0.254. The summed E-state index contributed by atoms with van der Waals surface area (Å²) in [6.07, 6.45) is -1.14. The van der Waals surface area contributed by atoms with Gasteiger partial charge in [0.05, 0.1) is 7.11 Å². The van der Waals surface area contributed by atoms with Crippen molar-refractivity contribution >= 4 is 13.6 Å². The molecule has 2 N–H and O–H groups in total. The van der Waals surface area contributed by atoms with E-state index in [0.717, 1.165) is 23.6 Å². The molecular formula is C25H28NO6P. The van der Waals surface area contributed by atoms with Gasteiger partial charge in [0.25, 0.3) is 0 Å². The maximum atomic E-state index is 12.2. The number of rotatable bonds is 10. The van der Waals surface area contributed by atoms with Crippen molar-refractivity contribution in [3.63, 3.8) is 0 Å². The van der Waals surface area contributed by atoms with Crippen molar-refractivity contribution in [2.24, 2.45) is 0 Å².